The Hall–Kier alpha value is -1.06. The van der Waals surface area contributed by atoms with E-state index < -0.39 is 0 Å². The van der Waals surface area contributed by atoms with E-state index in [4.69, 9.17) is 15.6 Å². The largest absolute Gasteiger partial charge is 0.494 e. The van der Waals surface area contributed by atoms with Crippen molar-refractivity contribution >= 4 is 0 Å². The van der Waals surface area contributed by atoms with Gasteiger partial charge in [-0.15, -0.1) is 0 Å². The first-order chi connectivity index (χ1) is 6.69. The molecule has 0 saturated carbocycles. The minimum atomic E-state index is -0.364. The molecular formula is C11H17NO2. The zero-order valence-corrected chi connectivity index (χ0v) is 8.66. The SMILES string of the molecule is CCOc1cc(C)ccc1C(N)CO. The quantitative estimate of drug-likeness (QED) is 0.763. The van der Waals surface area contributed by atoms with E-state index in [2.05, 4.69) is 0 Å². The van der Waals surface area contributed by atoms with Gasteiger partial charge in [-0.1, -0.05) is 12.1 Å². The van der Waals surface area contributed by atoms with Crippen molar-refractivity contribution in [3.8, 4) is 5.75 Å². The van der Waals surface area contributed by atoms with Gasteiger partial charge in [-0.2, -0.15) is 0 Å². The molecule has 1 aromatic carbocycles. The third kappa shape index (κ3) is 2.47. The Morgan fingerprint density at radius 2 is 2.21 bits per heavy atom. The van der Waals surface area contributed by atoms with Gasteiger partial charge < -0.3 is 15.6 Å². The molecule has 3 nitrogen and oxygen atoms in total. The summed E-state index contributed by atoms with van der Waals surface area (Å²) in [5.41, 5.74) is 7.73. The highest BCUT2D eigenvalue weighted by Crippen LogP contribution is 2.24. The maximum atomic E-state index is 8.97. The number of rotatable bonds is 4. The lowest BCUT2D eigenvalue weighted by molar-refractivity contribution is 0.261. The fraction of sp³-hybridized carbons (Fsp3) is 0.455. The Morgan fingerprint density at radius 3 is 2.79 bits per heavy atom. The maximum absolute atomic E-state index is 8.97. The average Bonchev–Trinajstić information content (AvgIpc) is 2.17. The summed E-state index contributed by atoms with van der Waals surface area (Å²) >= 11 is 0. The highest BCUT2D eigenvalue weighted by atomic mass is 16.5. The van der Waals surface area contributed by atoms with Crippen molar-refractivity contribution < 1.29 is 9.84 Å². The Bertz CT molecular complexity index is 299. The molecule has 0 radical (unpaired) electrons. The van der Waals surface area contributed by atoms with Crippen molar-refractivity contribution in [2.75, 3.05) is 13.2 Å². The number of benzene rings is 1. The van der Waals surface area contributed by atoms with E-state index in [0.29, 0.717) is 6.61 Å². The van der Waals surface area contributed by atoms with Crippen molar-refractivity contribution in [1.82, 2.24) is 0 Å². The van der Waals surface area contributed by atoms with Crippen LogP contribution in [-0.4, -0.2) is 18.3 Å². The van der Waals surface area contributed by atoms with Crippen LogP contribution in [0.15, 0.2) is 18.2 Å². The number of hydrogen-bond donors (Lipinski definition) is 2. The van der Waals surface area contributed by atoms with Crippen LogP contribution in [0.4, 0.5) is 0 Å². The summed E-state index contributed by atoms with van der Waals surface area (Å²) in [4.78, 5) is 0. The molecule has 0 fully saturated rings. The van der Waals surface area contributed by atoms with E-state index in [-0.39, 0.29) is 12.6 Å². The van der Waals surface area contributed by atoms with E-state index in [0.717, 1.165) is 16.9 Å². The molecule has 1 rings (SSSR count). The molecular weight excluding hydrogens is 178 g/mol. The minimum Gasteiger partial charge on any atom is -0.494 e. The number of nitrogens with two attached hydrogens (primary N) is 1. The molecule has 0 spiro atoms. The van der Waals surface area contributed by atoms with Gasteiger partial charge >= 0.3 is 0 Å². The predicted molar refractivity (Wildman–Crippen MR) is 56.4 cm³/mol. The number of aliphatic hydroxyl groups excluding tert-OH is 1. The van der Waals surface area contributed by atoms with Crippen LogP contribution in [0, 0.1) is 6.92 Å². The van der Waals surface area contributed by atoms with Crippen LogP contribution in [0.25, 0.3) is 0 Å². The smallest absolute Gasteiger partial charge is 0.124 e. The standard InChI is InChI=1S/C11H17NO2/c1-3-14-11-6-8(2)4-5-9(11)10(12)7-13/h4-6,10,13H,3,7,12H2,1-2H3. The molecule has 0 aliphatic heterocycles. The zero-order chi connectivity index (χ0) is 10.6. The Kier molecular flexibility index (Phi) is 3.92. The highest BCUT2D eigenvalue weighted by Gasteiger charge is 2.10. The van der Waals surface area contributed by atoms with Gasteiger partial charge in [-0.25, -0.2) is 0 Å². The van der Waals surface area contributed by atoms with Crippen molar-refractivity contribution in [3.63, 3.8) is 0 Å². The Balaban J connectivity index is 3.01. The zero-order valence-electron chi connectivity index (χ0n) is 8.66. The van der Waals surface area contributed by atoms with Crippen molar-refractivity contribution in [3.05, 3.63) is 29.3 Å². The average molecular weight is 195 g/mol. The molecule has 0 heterocycles. The normalized spacial score (nSPS) is 12.6. The minimum absolute atomic E-state index is 0.0663. The van der Waals surface area contributed by atoms with Crippen LogP contribution in [0.5, 0.6) is 5.75 Å². The van der Waals surface area contributed by atoms with Crippen LogP contribution >= 0.6 is 0 Å². The number of hydrogen-bond acceptors (Lipinski definition) is 3. The summed E-state index contributed by atoms with van der Waals surface area (Å²) in [6.07, 6.45) is 0. The molecule has 0 amide bonds. The molecule has 1 aromatic rings. The molecule has 0 aliphatic carbocycles. The highest BCUT2D eigenvalue weighted by molar-refractivity contribution is 5.39. The fourth-order valence-corrected chi connectivity index (χ4v) is 1.33. The number of aryl methyl sites for hydroxylation is 1. The van der Waals surface area contributed by atoms with Crippen LogP contribution in [0.2, 0.25) is 0 Å². The molecule has 0 aromatic heterocycles. The topological polar surface area (TPSA) is 55.5 Å². The Morgan fingerprint density at radius 1 is 1.50 bits per heavy atom. The maximum Gasteiger partial charge on any atom is 0.124 e. The van der Waals surface area contributed by atoms with Gasteiger partial charge in [0.25, 0.3) is 0 Å². The van der Waals surface area contributed by atoms with Crippen LogP contribution in [-0.2, 0) is 0 Å². The van der Waals surface area contributed by atoms with E-state index in [1.54, 1.807) is 0 Å². The summed E-state index contributed by atoms with van der Waals surface area (Å²) in [5.74, 6) is 0.772. The summed E-state index contributed by atoms with van der Waals surface area (Å²) in [6.45, 7) is 4.46. The molecule has 78 valence electrons. The fourth-order valence-electron chi connectivity index (χ4n) is 1.33. The summed E-state index contributed by atoms with van der Waals surface area (Å²) in [5, 5.41) is 8.97. The van der Waals surface area contributed by atoms with Gasteiger partial charge in [0.15, 0.2) is 0 Å². The van der Waals surface area contributed by atoms with Gasteiger partial charge in [0, 0.05) is 5.56 Å². The monoisotopic (exact) mass is 195 g/mol. The lowest BCUT2D eigenvalue weighted by Gasteiger charge is -2.15. The van der Waals surface area contributed by atoms with Crippen molar-refractivity contribution in [1.29, 1.82) is 0 Å². The first-order valence-corrected chi connectivity index (χ1v) is 4.78. The second kappa shape index (κ2) is 4.98. The third-order valence-electron chi connectivity index (χ3n) is 2.07. The molecule has 0 bridgehead atoms. The number of aliphatic hydroxyl groups is 1. The van der Waals surface area contributed by atoms with E-state index in [9.17, 15) is 0 Å². The summed E-state index contributed by atoms with van der Waals surface area (Å²) in [7, 11) is 0. The van der Waals surface area contributed by atoms with Gasteiger partial charge in [0.2, 0.25) is 0 Å². The van der Waals surface area contributed by atoms with Crippen LogP contribution in [0.3, 0.4) is 0 Å². The molecule has 3 N–H and O–H groups in total. The first kappa shape index (κ1) is 11.0. The van der Waals surface area contributed by atoms with Crippen molar-refractivity contribution in [2.45, 2.75) is 19.9 Å². The third-order valence-corrected chi connectivity index (χ3v) is 2.07. The Labute approximate surface area is 84.5 Å². The second-order valence-corrected chi connectivity index (χ2v) is 3.26. The number of ether oxygens (including phenoxy) is 1. The lowest BCUT2D eigenvalue weighted by atomic mass is 10.1. The second-order valence-electron chi connectivity index (χ2n) is 3.26. The van der Waals surface area contributed by atoms with E-state index in [1.807, 2.05) is 32.0 Å². The van der Waals surface area contributed by atoms with Gasteiger partial charge in [0.05, 0.1) is 19.3 Å². The summed E-state index contributed by atoms with van der Waals surface area (Å²) < 4.78 is 5.45. The van der Waals surface area contributed by atoms with E-state index >= 15 is 0 Å². The first-order valence-electron chi connectivity index (χ1n) is 4.78. The molecule has 0 aliphatic rings. The van der Waals surface area contributed by atoms with Crippen LogP contribution in [0.1, 0.15) is 24.1 Å². The molecule has 1 unspecified atom stereocenters. The predicted octanol–water partition coefficient (Wildman–Crippen LogP) is 1.39. The van der Waals surface area contributed by atoms with Gasteiger partial charge in [-0.05, 0) is 25.5 Å². The molecule has 14 heavy (non-hydrogen) atoms. The van der Waals surface area contributed by atoms with Crippen LogP contribution < -0.4 is 10.5 Å². The van der Waals surface area contributed by atoms with Gasteiger partial charge in [-0.3, -0.25) is 0 Å². The summed E-state index contributed by atoms with van der Waals surface area (Å²) in [6, 6.07) is 5.44. The molecule has 3 heteroatoms. The lowest BCUT2D eigenvalue weighted by Crippen LogP contribution is -2.15. The van der Waals surface area contributed by atoms with Gasteiger partial charge in [0.1, 0.15) is 5.75 Å². The molecule has 0 saturated heterocycles. The van der Waals surface area contributed by atoms with Crippen molar-refractivity contribution in [2.24, 2.45) is 5.73 Å². The molecule has 1 atom stereocenters. The van der Waals surface area contributed by atoms with E-state index in [1.165, 1.54) is 0 Å².